The molecule has 0 aromatic carbocycles. The first-order chi connectivity index (χ1) is 9.22. The number of hydrogen-bond acceptors (Lipinski definition) is 4. The van der Waals surface area contributed by atoms with Crippen LogP contribution in [0.1, 0.15) is 36.7 Å². The number of nitrogens with one attached hydrogen (secondary N) is 1. The minimum absolute atomic E-state index is 0.0835. The summed E-state index contributed by atoms with van der Waals surface area (Å²) < 4.78 is 8.24. The summed E-state index contributed by atoms with van der Waals surface area (Å²) in [5, 5.41) is 7.45. The first kappa shape index (κ1) is 14.7. The number of halogens is 1. The van der Waals surface area contributed by atoms with Gasteiger partial charge in [-0.25, -0.2) is 0 Å². The van der Waals surface area contributed by atoms with E-state index in [1.807, 2.05) is 6.92 Å². The molecule has 0 atom stereocenters. The van der Waals surface area contributed by atoms with Gasteiger partial charge in [-0.05, 0) is 48.8 Å². The van der Waals surface area contributed by atoms with Crippen LogP contribution < -0.4 is 5.32 Å². The second kappa shape index (κ2) is 7.17. The molecule has 1 N–H and O–H groups in total. The SMILES string of the molecule is CCn1ncc(Br)c1C(=O)CCOC1CCNCC1. The lowest BCUT2D eigenvalue weighted by Crippen LogP contribution is -2.32. The summed E-state index contributed by atoms with van der Waals surface area (Å²) in [4.78, 5) is 12.2. The van der Waals surface area contributed by atoms with Gasteiger partial charge >= 0.3 is 0 Å². The van der Waals surface area contributed by atoms with Crippen molar-refractivity contribution in [3.63, 3.8) is 0 Å². The molecule has 0 spiro atoms. The zero-order valence-corrected chi connectivity index (χ0v) is 12.8. The molecule has 1 aromatic heterocycles. The Labute approximate surface area is 121 Å². The van der Waals surface area contributed by atoms with E-state index >= 15 is 0 Å². The molecule has 1 aromatic rings. The molecule has 2 heterocycles. The van der Waals surface area contributed by atoms with E-state index < -0.39 is 0 Å². The lowest BCUT2D eigenvalue weighted by Gasteiger charge is -2.22. The van der Waals surface area contributed by atoms with E-state index in [1.165, 1.54) is 0 Å². The van der Waals surface area contributed by atoms with Crippen molar-refractivity contribution < 1.29 is 9.53 Å². The number of carbonyl (C=O) groups is 1. The highest BCUT2D eigenvalue weighted by Gasteiger charge is 2.18. The molecule has 1 saturated heterocycles. The summed E-state index contributed by atoms with van der Waals surface area (Å²) in [6.45, 7) is 5.17. The largest absolute Gasteiger partial charge is 0.378 e. The Morgan fingerprint density at radius 3 is 3.00 bits per heavy atom. The van der Waals surface area contributed by atoms with Gasteiger partial charge in [0.1, 0.15) is 5.69 Å². The number of rotatable bonds is 6. The zero-order valence-electron chi connectivity index (χ0n) is 11.2. The summed E-state index contributed by atoms with van der Waals surface area (Å²) >= 11 is 3.37. The maximum atomic E-state index is 12.2. The van der Waals surface area contributed by atoms with Crippen molar-refractivity contribution in [2.45, 2.75) is 38.8 Å². The number of carbonyl (C=O) groups excluding carboxylic acids is 1. The monoisotopic (exact) mass is 329 g/mol. The van der Waals surface area contributed by atoms with Crippen molar-refractivity contribution in [1.29, 1.82) is 0 Å². The van der Waals surface area contributed by atoms with E-state index in [0.717, 1.165) is 30.4 Å². The molecule has 106 valence electrons. The predicted octanol–water partition coefficient (Wildman–Crippen LogP) is 2.01. The Bertz CT molecular complexity index is 428. The molecule has 19 heavy (non-hydrogen) atoms. The van der Waals surface area contributed by atoms with Gasteiger partial charge in [-0.1, -0.05) is 0 Å². The molecule has 6 heteroatoms. The zero-order chi connectivity index (χ0) is 13.7. The lowest BCUT2D eigenvalue weighted by atomic mass is 10.1. The second-order valence-electron chi connectivity index (χ2n) is 4.65. The van der Waals surface area contributed by atoms with E-state index in [0.29, 0.717) is 31.4 Å². The number of Topliss-reactive ketones (excluding diaryl/α,β-unsaturated/α-hetero) is 1. The minimum atomic E-state index is 0.0835. The normalized spacial score (nSPS) is 16.7. The predicted molar refractivity (Wildman–Crippen MR) is 76.4 cm³/mol. The van der Waals surface area contributed by atoms with Gasteiger partial charge in [0.2, 0.25) is 0 Å². The van der Waals surface area contributed by atoms with E-state index in [4.69, 9.17) is 4.74 Å². The number of hydrogen-bond donors (Lipinski definition) is 1. The van der Waals surface area contributed by atoms with E-state index in [9.17, 15) is 4.79 Å². The molecule has 0 unspecified atom stereocenters. The molecular formula is C13H20BrN3O2. The highest BCUT2D eigenvalue weighted by atomic mass is 79.9. The molecule has 0 amide bonds. The maximum Gasteiger partial charge on any atom is 0.184 e. The molecule has 0 aliphatic carbocycles. The molecular weight excluding hydrogens is 310 g/mol. The fraction of sp³-hybridized carbons (Fsp3) is 0.692. The van der Waals surface area contributed by atoms with Crippen LogP contribution in [0, 0.1) is 0 Å². The van der Waals surface area contributed by atoms with Crippen LogP contribution in [-0.4, -0.2) is 41.4 Å². The maximum absolute atomic E-state index is 12.2. The summed E-state index contributed by atoms with van der Waals surface area (Å²) in [5.74, 6) is 0.0835. The number of piperidine rings is 1. The first-order valence-corrected chi connectivity index (χ1v) is 7.58. The quantitative estimate of drug-likeness (QED) is 0.811. The van der Waals surface area contributed by atoms with Crippen molar-refractivity contribution in [3.05, 3.63) is 16.4 Å². The Balaban J connectivity index is 1.82. The van der Waals surface area contributed by atoms with Gasteiger partial charge in [0.15, 0.2) is 5.78 Å². The van der Waals surface area contributed by atoms with Crippen LogP contribution in [-0.2, 0) is 11.3 Å². The van der Waals surface area contributed by atoms with Crippen molar-refractivity contribution in [1.82, 2.24) is 15.1 Å². The van der Waals surface area contributed by atoms with E-state index in [1.54, 1.807) is 10.9 Å². The number of aromatic nitrogens is 2. The molecule has 5 nitrogen and oxygen atoms in total. The second-order valence-corrected chi connectivity index (χ2v) is 5.50. The van der Waals surface area contributed by atoms with Gasteiger partial charge in [0.05, 0.1) is 23.4 Å². The van der Waals surface area contributed by atoms with Gasteiger partial charge in [0, 0.05) is 13.0 Å². The minimum Gasteiger partial charge on any atom is -0.378 e. The molecule has 1 fully saturated rings. The van der Waals surface area contributed by atoms with Gasteiger partial charge < -0.3 is 10.1 Å². The number of aryl methyl sites for hydroxylation is 1. The fourth-order valence-corrected chi connectivity index (χ4v) is 2.80. The van der Waals surface area contributed by atoms with Crippen LogP contribution >= 0.6 is 15.9 Å². The number of nitrogens with zero attached hydrogens (tertiary/aromatic N) is 2. The van der Waals surface area contributed by atoms with Crippen molar-refractivity contribution in [3.8, 4) is 0 Å². The Morgan fingerprint density at radius 1 is 1.58 bits per heavy atom. The summed E-state index contributed by atoms with van der Waals surface area (Å²) in [6.07, 6.45) is 4.45. The summed E-state index contributed by atoms with van der Waals surface area (Å²) in [5.41, 5.74) is 0.649. The van der Waals surface area contributed by atoms with Crippen molar-refractivity contribution in [2.75, 3.05) is 19.7 Å². The van der Waals surface area contributed by atoms with Crippen LogP contribution in [0.15, 0.2) is 10.7 Å². The van der Waals surface area contributed by atoms with Crippen LogP contribution in [0.5, 0.6) is 0 Å². The van der Waals surface area contributed by atoms with Gasteiger partial charge in [-0.3, -0.25) is 9.48 Å². The number of ether oxygens (including phenoxy) is 1. The highest BCUT2D eigenvalue weighted by Crippen LogP contribution is 2.18. The standard InChI is InChI=1S/C13H20BrN3O2/c1-2-17-13(11(14)9-16-17)12(18)5-8-19-10-3-6-15-7-4-10/h9-10,15H,2-8H2,1H3. The van der Waals surface area contributed by atoms with Crippen LogP contribution in [0.25, 0.3) is 0 Å². The van der Waals surface area contributed by atoms with Gasteiger partial charge in [-0.15, -0.1) is 0 Å². The van der Waals surface area contributed by atoms with Gasteiger partial charge in [-0.2, -0.15) is 5.10 Å². The molecule has 0 bridgehead atoms. The molecule has 1 aliphatic heterocycles. The third-order valence-corrected chi connectivity index (χ3v) is 3.91. The molecule has 2 rings (SSSR count). The summed E-state index contributed by atoms with van der Waals surface area (Å²) in [7, 11) is 0. The Hall–Kier alpha value is -0.720. The van der Waals surface area contributed by atoms with Crippen molar-refractivity contribution >= 4 is 21.7 Å². The van der Waals surface area contributed by atoms with Crippen LogP contribution in [0.4, 0.5) is 0 Å². The topological polar surface area (TPSA) is 56.2 Å². The van der Waals surface area contributed by atoms with Crippen LogP contribution in [0.3, 0.4) is 0 Å². The highest BCUT2D eigenvalue weighted by molar-refractivity contribution is 9.10. The average Bonchev–Trinajstić information content (AvgIpc) is 2.81. The molecule has 0 saturated carbocycles. The summed E-state index contributed by atoms with van der Waals surface area (Å²) in [6, 6.07) is 0. The molecule has 1 aliphatic rings. The first-order valence-electron chi connectivity index (χ1n) is 6.79. The number of ketones is 1. The third kappa shape index (κ3) is 3.87. The molecule has 0 radical (unpaired) electrons. The lowest BCUT2D eigenvalue weighted by molar-refractivity contribution is 0.0312. The van der Waals surface area contributed by atoms with Gasteiger partial charge in [0.25, 0.3) is 0 Å². The Morgan fingerprint density at radius 2 is 2.32 bits per heavy atom. The smallest absolute Gasteiger partial charge is 0.184 e. The third-order valence-electron chi connectivity index (χ3n) is 3.33. The van der Waals surface area contributed by atoms with Crippen LogP contribution in [0.2, 0.25) is 0 Å². The average molecular weight is 330 g/mol. The van der Waals surface area contributed by atoms with E-state index in [-0.39, 0.29) is 5.78 Å². The van der Waals surface area contributed by atoms with E-state index in [2.05, 4.69) is 26.3 Å². The van der Waals surface area contributed by atoms with Crippen molar-refractivity contribution in [2.24, 2.45) is 0 Å². The fourth-order valence-electron chi connectivity index (χ4n) is 2.28. The Kier molecular flexibility index (Phi) is 5.54.